The van der Waals surface area contributed by atoms with Gasteiger partial charge in [0, 0.05) is 18.9 Å². The third-order valence-corrected chi connectivity index (χ3v) is 5.03. The Balaban J connectivity index is 1.60. The molecule has 1 amide bonds. The van der Waals surface area contributed by atoms with E-state index in [0.717, 1.165) is 43.7 Å². The summed E-state index contributed by atoms with van der Waals surface area (Å²) in [5, 5.41) is 8.79. The summed E-state index contributed by atoms with van der Waals surface area (Å²) in [6.07, 6.45) is 8.25. The Morgan fingerprint density at radius 3 is 2.77 bits per heavy atom. The highest BCUT2D eigenvalue weighted by Crippen LogP contribution is 2.24. The number of nitrogens with zero attached hydrogens (tertiary/aromatic N) is 5. The van der Waals surface area contributed by atoms with Crippen molar-refractivity contribution >= 4 is 5.91 Å². The Labute approximate surface area is 153 Å². The lowest BCUT2D eigenvalue weighted by Gasteiger charge is -2.24. The Hall–Kier alpha value is -2.89. The predicted octanol–water partition coefficient (Wildman–Crippen LogP) is 2.94. The highest BCUT2D eigenvalue weighted by Gasteiger charge is 2.32. The SMILES string of the molecule is CCc1c(C(=O)N2CCC[C@H]2Cn2cccn2)cnn1-c1ccccc1. The lowest BCUT2D eigenvalue weighted by molar-refractivity contribution is 0.0720. The summed E-state index contributed by atoms with van der Waals surface area (Å²) in [5.74, 6) is 0.0821. The minimum Gasteiger partial charge on any atom is -0.334 e. The second-order valence-corrected chi connectivity index (χ2v) is 6.63. The van der Waals surface area contributed by atoms with Gasteiger partial charge in [-0.05, 0) is 37.5 Å². The molecule has 4 rings (SSSR count). The Kier molecular flexibility index (Phi) is 4.56. The predicted molar refractivity (Wildman–Crippen MR) is 99.2 cm³/mol. The Morgan fingerprint density at radius 2 is 2.04 bits per heavy atom. The van der Waals surface area contributed by atoms with Gasteiger partial charge in [0.05, 0.1) is 35.7 Å². The van der Waals surface area contributed by atoms with Gasteiger partial charge in [-0.25, -0.2) is 4.68 Å². The van der Waals surface area contributed by atoms with Crippen molar-refractivity contribution < 1.29 is 4.79 Å². The number of rotatable bonds is 5. The largest absolute Gasteiger partial charge is 0.334 e. The van der Waals surface area contributed by atoms with Gasteiger partial charge in [0.1, 0.15) is 0 Å². The molecule has 0 spiro atoms. The van der Waals surface area contributed by atoms with E-state index in [0.29, 0.717) is 5.56 Å². The van der Waals surface area contributed by atoms with Crippen LogP contribution in [0.2, 0.25) is 0 Å². The summed E-state index contributed by atoms with van der Waals surface area (Å²) in [7, 11) is 0. The average Bonchev–Trinajstić information content (AvgIpc) is 3.42. The minimum atomic E-state index is 0.0821. The second kappa shape index (κ2) is 7.15. The van der Waals surface area contributed by atoms with E-state index < -0.39 is 0 Å². The number of para-hydroxylation sites is 1. The minimum absolute atomic E-state index is 0.0821. The van der Waals surface area contributed by atoms with Gasteiger partial charge in [-0.15, -0.1) is 0 Å². The molecule has 3 aromatic rings. The van der Waals surface area contributed by atoms with Gasteiger partial charge in [-0.2, -0.15) is 10.2 Å². The molecule has 6 heteroatoms. The van der Waals surface area contributed by atoms with Crippen molar-refractivity contribution in [3.63, 3.8) is 0 Å². The molecule has 1 fully saturated rings. The van der Waals surface area contributed by atoms with Gasteiger partial charge in [0.15, 0.2) is 0 Å². The van der Waals surface area contributed by atoms with Gasteiger partial charge in [0.2, 0.25) is 0 Å². The number of aromatic nitrogens is 4. The maximum atomic E-state index is 13.3. The fourth-order valence-electron chi connectivity index (χ4n) is 3.76. The maximum absolute atomic E-state index is 13.3. The molecular weight excluding hydrogens is 326 g/mol. The molecule has 0 radical (unpaired) electrons. The van der Waals surface area contributed by atoms with Crippen LogP contribution < -0.4 is 0 Å². The normalized spacial score (nSPS) is 17.0. The Morgan fingerprint density at radius 1 is 1.19 bits per heavy atom. The zero-order valence-corrected chi connectivity index (χ0v) is 15.0. The van der Waals surface area contributed by atoms with Crippen LogP contribution in [0.1, 0.15) is 35.8 Å². The molecule has 0 bridgehead atoms. The van der Waals surface area contributed by atoms with Crippen LogP contribution >= 0.6 is 0 Å². The van der Waals surface area contributed by atoms with Crippen LogP contribution in [0.3, 0.4) is 0 Å². The number of benzene rings is 1. The van der Waals surface area contributed by atoms with Crippen LogP contribution in [-0.2, 0) is 13.0 Å². The van der Waals surface area contributed by atoms with Crippen molar-refractivity contribution in [3.8, 4) is 5.69 Å². The molecule has 2 aromatic heterocycles. The van der Waals surface area contributed by atoms with Gasteiger partial charge in [-0.1, -0.05) is 25.1 Å². The first-order chi connectivity index (χ1) is 12.8. The monoisotopic (exact) mass is 349 g/mol. The van der Waals surface area contributed by atoms with Gasteiger partial charge in [-0.3, -0.25) is 9.48 Å². The zero-order chi connectivity index (χ0) is 17.9. The summed E-state index contributed by atoms with van der Waals surface area (Å²) in [4.78, 5) is 15.2. The summed E-state index contributed by atoms with van der Waals surface area (Å²) in [6.45, 7) is 3.61. The molecule has 1 atom stereocenters. The first kappa shape index (κ1) is 16.6. The first-order valence-corrected chi connectivity index (χ1v) is 9.18. The fourth-order valence-corrected chi connectivity index (χ4v) is 3.76. The van der Waals surface area contributed by atoms with Crippen LogP contribution in [0.4, 0.5) is 0 Å². The van der Waals surface area contributed by atoms with Crippen LogP contribution in [0.15, 0.2) is 55.0 Å². The highest BCUT2D eigenvalue weighted by atomic mass is 16.2. The van der Waals surface area contributed by atoms with Crippen molar-refractivity contribution in [2.45, 2.75) is 38.8 Å². The molecule has 134 valence electrons. The summed E-state index contributed by atoms with van der Waals surface area (Å²) in [5.41, 5.74) is 2.66. The van der Waals surface area contributed by atoms with Gasteiger partial charge >= 0.3 is 0 Å². The molecule has 1 aromatic carbocycles. The lowest BCUT2D eigenvalue weighted by Crippen LogP contribution is -2.38. The topological polar surface area (TPSA) is 56.0 Å². The number of carbonyl (C=O) groups excluding carboxylic acids is 1. The summed E-state index contributed by atoms with van der Waals surface area (Å²) < 4.78 is 3.79. The molecule has 0 aliphatic carbocycles. The molecule has 3 heterocycles. The van der Waals surface area contributed by atoms with E-state index >= 15 is 0 Å². The molecule has 0 N–H and O–H groups in total. The molecule has 0 saturated carbocycles. The third kappa shape index (κ3) is 3.03. The van der Waals surface area contributed by atoms with Crippen molar-refractivity contribution in [1.82, 2.24) is 24.5 Å². The molecule has 1 aliphatic rings. The van der Waals surface area contributed by atoms with E-state index in [-0.39, 0.29) is 11.9 Å². The number of hydrogen-bond donors (Lipinski definition) is 0. The van der Waals surface area contributed by atoms with Crippen LogP contribution in [0, 0.1) is 0 Å². The summed E-state index contributed by atoms with van der Waals surface area (Å²) >= 11 is 0. The van der Waals surface area contributed by atoms with Gasteiger partial charge in [0.25, 0.3) is 5.91 Å². The zero-order valence-electron chi connectivity index (χ0n) is 15.0. The van der Waals surface area contributed by atoms with E-state index in [1.165, 1.54) is 0 Å². The van der Waals surface area contributed by atoms with E-state index in [1.54, 1.807) is 12.4 Å². The molecule has 6 nitrogen and oxygen atoms in total. The molecule has 0 unspecified atom stereocenters. The van der Waals surface area contributed by atoms with Crippen LogP contribution in [-0.4, -0.2) is 43.0 Å². The van der Waals surface area contributed by atoms with Crippen molar-refractivity contribution in [2.24, 2.45) is 0 Å². The maximum Gasteiger partial charge on any atom is 0.257 e. The lowest BCUT2D eigenvalue weighted by atomic mass is 10.1. The molecule has 1 saturated heterocycles. The number of hydrogen-bond acceptors (Lipinski definition) is 3. The van der Waals surface area contributed by atoms with Crippen molar-refractivity contribution in [3.05, 3.63) is 66.2 Å². The van der Waals surface area contributed by atoms with Crippen LogP contribution in [0.5, 0.6) is 0 Å². The smallest absolute Gasteiger partial charge is 0.257 e. The number of carbonyl (C=O) groups is 1. The number of likely N-dealkylation sites (tertiary alicyclic amines) is 1. The second-order valence-electron chi connectivity index (χ2n) is 6.63. The Bertz CT molecular complexity index is 869. The number of amides is 1. The van der Waals surface area contributed by atoms with E-state index in [4.69, 9.17) is 0 Å². The van der Waals surface area contributed by atoms with Crippen LogP contribution in [0.25, 0.3) is 5.69 Å². The average molecular weight is 349 g/mol. The molecule has 1 aliphatic heterocycles. The van der Waals surface area contributed by atoms with E-state index in [1.807, 2.05) is 56.9 Å². The quantitative estimate of drug-likeness (QED) is 0.712. The first-order valence-electron chi connectivity index (χ1n) is 9.18. The standard InChI is InChI=1S/C20H23N5O/c1-2-19-18(14-22-25(19)16-8-4-3-5-9-16)20(26)24-13-6-10-17(24)15-23-12-7-11-21-23/h3-5,7-9,11-12,14,17H,2,6,10,13,15H2,1H3/t17-/m0/s1. The summed E-state index contributed by atoms with van der Waals surface area (Å²) in [6, 6.07) is 12.1. The van der Waals surface area contributed by atoms with Crippen molar-refractivity contribution in [1.29, 1.82) is 0 Å². The third-order valence-electron chi connectivity index (χ3n) is 5.03. The highest BCUT2D eigenvalue weighted by molar-refractivity contribution is 5.95. The van der Waals surface area contributed by atoms with E-state index in [9.17, 15) is 4.79 Å². The van der Waals surface area contributed by atoms with E-state index in [2.05, 4.69) is 17.1 Å². The molecular formula is C20H23N5O. The fraction of sp³-hybridized carbons (Fsp3) is 0.350. The molecule has 26 heavy (non-hydrogen) atoms. The van der Waals surface area contributed by atoms with Gasteiger partial charge < -0.3 is 4.90 Å². The van der Waals surface area contributed by atoms with Crippen molar-refractivity contribution in [2.75, 3.05) is 6.54 Å².